The fourth-order valence-electron chi connectivity index (χ4n) is 2.33. The number of hydrogen-bond donors (Lipinski definition) is 0. The van der Waals surface area contributed by atoms with E-state index in [9.17, 15) is 0 Å². The van der Waals surface area contributed by atoms with E-state index in [2.05, 4.69) is 60.6 Å². The van der Waals surface area contributed by atoms with Crippen LogP contribution < -0.4 is 10.2 Å². The molecule has 0 unspecified atom stereocenters. The molecule has 0 aromatic heterocycles. The van der Waals surface area contributed by atoms with E-state index in [1.165, 1.54) is 11.1 Å². The minimum atomic E-state index is -0.335. The molecule has 3 nitrogen and oxygen atoms in total. The lowest BCUT2D eigenvalue weighted by atomic mass is 9.77. The maximum Gasteiger partial charge on any atom is 0.494 e. The molecule has 1 saturated heterocycles. The van der Waals surface area contributed by atoms with Crippen molar-refractivity contribution < 1.29 is 14.0 Å². The third-order valence-corrected chi connectivity index (χ3v) is 4.63. The number of aryl methyl sites for hydroxylation is 1. The van der Waals surface area contributed by atoms with E-state index in [4.69, 9.17) is 14.0 Å². The molecule has 1 aliphatic heterocycles. The minimum absolute atomic E-state index is 0.319. The first kappa shape index (κ1) is 16.4. The van der Waals surface area contributed by atoms with Crippen LogP contribution in [0, 0.1) is 13.8 Å². The standard InChI is InChI=1S/C17H27BO3/c1-8-9-19-15-11-14(10-12(2)13(15)3)18-20-16(4,5)17(6,7)21-18/h10-11H,8-9H2,1-7H3. The molecular weight excluding hydrogens is 263 g/mol. The van der Waals surface area contributed by atoms with Crippen molar-refractivity contribution in [3.8, 4) is 5.75 Å². The zero-order valence-corrected chi connectivity index (χ0v) is 14.4. The van der Waals surface area contributed by atoms with Crippen molar-refractivity contribution in [2.24, 2.45) is 0 Å². The molecule has 4 heteroatoms. The Hall–Kier alpha value is -0.995. The van der Waals surface area contributed by atoms with Crippen molar-refractivity contribution in [1.82, 2.24) is 0 Å². The quantitative estimate of drug-likeness (QED) is 0.796. The summed E-state index contributed by atoms with van der Waals surface area (Å²) in [5.74, 6) is 0.932. The Morgan fingerprint density at radius 1 is 1.05 bits per heavy atom. The second-order valence-corrected chi connectivity index (χ2v) is 6.90. The maximum absolute atomic E-state index is 6.13. The van der Waals surface area contributed by atoms with E-state index in [1.54, 1.807) is 0 Å². The molecule has 116 valence electrons. The zero-order chi connectivity index (χ0) is 15.8. The van der Waals surface area contributed by atoms with Crippen LogP contribution in [0.4, 0.5) is 0 Å². The molecule has 1 aromatic rings. The predicted molar refractivity (Wildman–Crippen MR) is 87.4 cm³/mol. The first-order valence-electron chi connectivity index (χ1n) is 7.77. The van der Waals surface area contributed by atoms with Crippen LogP contribution in [0.5, 0.6) is 5.75 Å². The summed E-state index contributed by atoms with van der Waals surface area (Å²) in [7, 11) is -0.335. The zero-order valence-electron chi connectivity index (χ0n) is 14.4. The molecule has 0 saturated carbocycles. The second-order valence-electron chi connectivity index (χ2n) is 6.90. The molecule has 0 N–H and O–H groups in total. The molecule has 0 atom stereocenters. The lowest BCUT2D eigenvalue weighted by molar-refractivity contribution is 0.00578. The molecule has 2 rings (SSSR count). The van der Waals surface area contributed by atoms with E-state index in [1.807, 2.05) is 0 Å². The van der Waals surface area contributed by atoms with Gasteiger partial charge in [0.2, 0.25) is 0 Å². The van der Waals surface area contributed by atoms with Crippen LogP contribution >= 0.6 is 0 Å². The number of ether oxygens (including phenoxy) is 1. The van der Waals surface area contributed by atoms with Gasteiger partial charge in [0.1, 0.15) is 5.75 Å². The van der Waals surface area contributed by atoms with Crippen molar-refractivity contribution in [2.75, 3.05) is 6.61 Å². The second kappa shape index (κ2) is 5.66. The summed E-state index contributed by atoms with van der Waals surface area (Å²) < 4.78 is 18.1. The van der Waals surface area contributed by atoms with Crippen molar-refractivity contribution in [1.29, 1.82) is 0 Å². The van der Waals surface area contributed by atoms with E-state index in [-0.39, 0.29) is 18.3 Å². The summed E-state index contributed by atoms with van der Waals surface area (Å²) in [6, 6.07) is 4.19. The summed E-state index contributed by atoms with van der Waals surface area (Å²) in [6.07, 6.45) is 0.999. The Balaban J connectivity index is 2.31. The highest BCUT2D eigenvalue weighted by Crippen LogP contribution is 2.37. The number of rotatable bonds is 4. The summed E-state index contributed by atoms with van der Waals surface area (Å²) in [5, 5.41) is 0. The van der Waals surface area contributed by atoms with E-state index >= 15 is 0 Å². The Morgan fingerprint density at radius 2 is 1.62 bits per heavy atom. The van der Waals surface area contributed by atoms with Gasteiger partial charge in [0.25, 0.3) is 0 Å². The van der Waals surface area contributed by atoms with Crippen molar-refractivity contribution in [3.05, 3.63) is 23.3 Å². The Kier molecular flexibility index (Phi) is 4.41. The lowest BCUT2D eigenvalue weighted by Gasteiger charge is -2.32. The van der Waals surface area contributed by atoms with Crippen LogP contribution in [0.2, 0.25) is 0 Å². The molecule has 1 aromatic carbocycles. The van der Waals surface area contributed by atoms with Gasteiger partial charge in [0.05, 0.1) is 17.8 Å². The van der Waals surface area contributed by atoms with Gasteiger partial charge < -0.3 is 14.0 Å². The average molecular weight is 290 g/mol. The van der Waals surface area contributed by atoms with Gasteiger partial charge in [-0.3, -0.25) is 0 Å². The third kappa shape index (κ3) is 3.11. The first-order valence-corrected chi connectivity index (χ1v) is 7.77. The Labute approximate surface area is 129 Å². The molecule has 1 heterocycles. The molecule has 0 amide bonds. The molecule has 0 aliphatic carbocycles. The van der Waals surface area contributed by atoms with Gasteiger partial charge in [-0.2, -0.15) is 0 Å². The van der Waals surface area contributed by atoms with Crippen molar-refractivity contribution in [2.45, 2.75) is 66.1 Å². The van der Waals surface area contributed by atoms with Gasteiger partial charge >= 0.3 is 7.12 Å². The molecule has 1 aliphatic rings. The molecule has 0 bridgehead atoms. The summed E-state index contributed by atoms with van der Waals surface area (Å²) in [6.45, 7) is 15.3. The van der Waals surface area contributed by atoms with E-state index in [0.29, 0.717) is 0 Å². The number of benzene rings is 1. The highest BCUT2D eigenvalue weighted by Gasteiger charge is 2.51. The predicted octanol–water partition coefficient (Wildman–Crippen LogP) is 3.39. The van der Waals surface area contributed by atoms with Crippen molar-refractivity contribution in [3.63, 3.8) is 0 Å². The van der Waals surface area contributed by atoms with Crippen LogP contribution in [0.3, 0.4) is 0 Å². The monoisotopic (exact) mass is 290 g/mol. The Bertz CT molecular complexity index is 507. The summed E-state index contributed by atoms with van der Waals surface area (Å²) >= 11 is 0. The van der Waals surface area contributed by atoms with E-state index in [0.717, 1.165) is 24.2 Å². The molecule has 0 radical (unpaired) electrons. The van der Waals surface area contributed by atoms with Crippen molar-refractivity contribution >= 4 is 12.6 Å². The topological polar surface area (TPSA) is 27.7 Å². The van der Waals surface area contributed by atoms with Gasteiger partial charge in [0.15, 0.2) is 0 Å². The van der Waals surface area contributed by atoms with Crippen LogP contribution in [-0.2, 0) is 9.31 Å². The summed E-state index contributed by atoms with van der Waals surface area (Å²) in [4.78, 5) is 0. The smallest absolute Gasteiger partial charge is 0.493 e. The van der Waals surface area contributed by atoms with Gasteiger partial charge in [-0.15, -0.1) is 0 Å². The summed E-state index contributed by atoms with van der Waals surface area (Å²) in [5.41, 5.74) is 2.78. The van der Waals surface area contributed by atoms with E-state index < -0.39 is 0 Å². The van der Waals surface area contributed by atoms with Crippen LogP contribution in [0.25, 0.3) is 0 Å². The largest absolute Gasteiger partial charge is 0.494 e. The molecule has 21 heavy (non-hydrogen) atoms. The fraction of sp³-hybridized carbons (Fsp3) is 0.647. The third-order valence-electron chi connectivity index (χ3n) is 4.63. The van der Waals surface area contributed by atoms with Crippen LogP contribution in [0.15, 0.2) is 12.1 Å². The fourth-order valence-corrected chi connectivity index (χ4v) is 2.33. The first-order chi connectivity index (χ1) is 9.68. The van der Waals surface area contributed by atoms with Gasteiger partial charge in [0, 0.05) is 0 Å². The molecular formula is C17H27BO3. The van der Waals surface area contributed by atoms with Gasteiger partial charge in [-0.05, 0) is 70.6 Å². The van der Waals surface area contributed by atoms with Crippen LogP contribution in [-0.4, -0.2) is 24.9 Å². The lowest BCUT2D eigenvalue weighted by Crippen LogP contribution is -2.41. The number of hydrogen-bond acceptors (Lipinski definition) is 3. The highest BCUT2D eigenvalue weighted by atomic mass is 16.7. The highest BCUT2D eigenvalue weighted by molar-refractivity contribution is 6.62. The van der Waals surface area contributed by atoms with Crippen LogP contribution in [0.1, 0.15) is 52.2 Å². The van der Waals surface area contributed by atoms with Gasteiger partial charge in [-0.25, -0.2) is 0 Å². The Morgan fingerprint density at radius 3 is 2.14 bits per heavy atom. The normalized spacial score (nSPS) is 19.9. The average Bonchev–Trinajstić information content (AvgIpc) is 2.60. The van der Waals surface area contributed by atoms with Gasteiger partial charge in [-0.1, -0.05) is 13.0 Å². The molecule has 1 fully saturated rings. The SMILES string of the molecule is CCCOc1cc(B2OC(C)(C)C(C)(C)O2)cc(C)c1C. The minimum Gasteiger partial charge on any atom is -0.493 e. The maximum atomic E-state index is 6.13. The molecule has 0 spiro atoms.